The topological polar surface area (TPSA) is 121 Å². The van der Waals surface area contributed by atoms with Gasteiger partial charge in [0.1, 0.15) is 12.4 Å². The summed E-state index contributed by atoms with van der Waals surface area (Å²) < 4.78 is 19.4. The SMILES string of the molecule is C=CCC[C@@H](Cc1ccc(F)cc1)C(=O)OC[C@@H](Cc1c[nH]c2ccccc12)NC(=O)[C@H](CC=C)CC(=O)N[C@H](CO)Cc1ccccc1. The first-order valence-corrected chi connectivity index (χ1v) is 16.7. The van der Waals surface area contributed by atoms with Crippen molar-refractivity contribution in [1.29, 1.82) is 0 Å². The molecule has 0 saturated heterocycles. The van der Waals surface area contributed by atoms with Gasteiger partial charge in [-0.25, -0.2) is 4.39 Å². The molecule has 49 heavy (non-hydrogen) atoms. The smallest absolute Gasteiger partial charge is 0.309 e. The Bertz CT molecular complexity index is 1670. The van der Waals surface area contributed by atoms with Crippen LogP contribution in [0.3, 0.4) is 0 Å². The highest BCUT2D eigenvalue weighted by atomic mass is 19.1. The van der Waals surface area contributed by atoms with Crippen LogP contribution < -0.4 is 10.6 Å². The number of aromatic nitrogens is 1. The number of hydrogen-bond acceptors (Lipinski definition) is 5. The molecule has 3 aromatic carbocycles. The van der Waals surface area contributed by atoms with Gasteiger partial charge in [-0.15, -0.1) is 13.2 Å². The van der Waals surface area contributed by atoms with Gasteiger partial charge in [-0.2, -0.15) is 0 Å². The minimum Gasteiger partial charge on any atom is -0.463 e. The monoisotopic (exact) mass is 667 g/mol. The maximum atomic E-state index is 13.7. The van der Waals surface area contributed by atoms with E-state index in [0.29, 0.717) is 32.1 Å². The molecular weight excluding hydrogens is 621 g/mol. The highest BCUT2D eigenvalue weighted by molar-refractivity contribution is 5.87. The number of rotatable bonds is 20. The number of H-pyrrole nitrogens is 1. The number of allylic oxidation sites excluding steroid dienone is 2. The van der Waals surface area contributed by atoms with Crippen LogP contribution in [0.15, 0.2) is 110 Å². The molecular formula is C40H46FN3O5. The number of para-hydroxylation sites is 1. The second-order valence-electron chi connectivity index (χ2n) is 12.4. The summed E-state index contributed by atoms with van der Waals surface area (Å²) in [7, 11) is 0. The molecule has 2 amide bonds. The molecule has 9 heteroatoms. The van der Waals surface area contributed by atoms with E-state index in [1.807, 2.05) is 60.8 Å². The number of aliphatic hydroxyl groups excluding tert-OH is 1. The van der Waals surface area contributed by atoms with E-state index in [1.165, 1.54) is 12.1 Å². The Balaban J connectivity index is 1.46. The van der Waals surface area contributed by atoms with Crippen molar-refractivity contribution in [3.8, 4) is 0 Å². The van der Waals surface area contributed by atoms with Crippen molar-refractivity contribution in [3.05, 3.63) is 133 Å². The standard InChI is InChI=1S/C40H46FN3O5/c1-3-5-14-31(21-29-17-19-33(41)20-18-29)40(48)49-27-35(23-32-25-42-37-16-10-9-15-36(32)37)44-39(47)30(11-4-2)24-38(46)43-34(26-45)22-28-12-7-6-8-13-28/h3-4,6-10,12-13,15-20,25,30-31,34-35,42,45H,1-2,5,11,14,21-24,26-27H2,(H,43,46)(H,44,47)/t30-,31+,34+,35-/m1/s1. The average molecular weight is 668 g/mol. The number of carbonyl (C=O) groups excluding carboxylic acids is 3. The number of esters is 1. The number of fused-ring (bicyclic) bond motifs is 1. The Labute approximate surface area is 287 Å². The van der Waals surface area contributed by atoms with Crippen LogP contribution in [-0.2, 0) is 38.4 Å². The molecule has 1 aromatic heterocycles. The lowest BCUT2D eigenvalue weighted by molar-refractivity contribution is -0.150. The van der Waals surface area contributed by atoms with E-state index in [-0.39, 0.29) is 43.7 Å². The first-order chi connectivity index (χ1) is 23.8. The molecule has 0 spiro atoms. The largest absolute Gasteiger partial charge is 0.463 e. The molecule has 0 unspecified atom stereocenters. The van der Waals surface area contributed by atoms with E-state index in [2.05, 4.69) is 28.8 Å². The summed E-state index contributed by atoms with van der Waals surface area (Å²) in [4.78, 5) is 43.5. The lowest BCUT2D eigenvalue weighted by Gasteiger charge is -2.24. The predicted octanol–water partition coefficient (Wildman–Crippen LogP) is 6.00. The quantitative estimate of drug-likeness (QED) is 0.0681. The summed E-state index contributed by atoms with van der Waals surface area (Å²) in [6, 6.07) is 22.3. The van der Waals surface area contributed by atoms with Gasteiger partial charge >= 0.3 is 5.97 Å². The number of aliphatic hydroxyl groups is 1. The second-order valence-corrected chi connectivity index (χ2v) is 12.4. The zero-order valence-corrected chi connectivity index (χ0v) is 27.8. The number of amides is 2. The van der Waals surface area contributed by atoms with E-state index in [0.717, 1.165) is 27.6 Å². The fourth-order valence-electron chi connectivity index (χ4n) is 5.92. The van der Waals surface area contributed by atoms with Crippen LogP contribution in [0.5, 0.6) is 0 Å². The van der Waals surface area contributed by atoms with E-state index in [1.54, 1.807) is 24.3 Å². The third-order valence-corrected chi connectivity index (χ3v) is 8.53. The van der Waals surface area contributed by atoms with Gasteiger partial charge in [0, 0.05) is 23.5 Å². The minimum atomic E-state index is -0.728. The van der Waals surface area contributed by atoms with Crippen LogP contribution in [0.1, 0.15) is 42.4 Å². The molecule has 0 fully saturated rings. The number of halogens is 1. The van der Waals surface area contributed by atoms with Crippen LogP contribution in [0.2, 0.25) is 0 Å². The average Bonchev–Trinajstić information content (AvgIpc) is 3.52. The minimum absolute atomic E-state index is 0.0885. The van der Waals surface area contributed by atoms with Gasteiger partial charge in [0.25, 0.3) is 0 Å². The molecule has 0 radical (unpaired) electrons. The summed E-state index contributed by atoms with van der Waals surface area (Å²) in [6.45, 7) is 7.23. The third-order valence-electron chi connectivity index (χ3n) is 8.53. The van der Waals surface area contributed by atoms with Crippen LogP contribution in [0.25, 0.3) is 10.9 Å². The number of aromatic amines is 1. The maximum absolute atomic E-state index is 13.7. The lowest BCUT2D eigenvalue weighted by Crippen LogP contribution is -2.45. The number of nitrogens with one attached hydrogen (secondary N) is 3. The fraction of sp³-hybridized carbons (Fsp3) is 0.325. The normalized spacial score (nSPS) is 13.5. The molecule has 0 aliphatic rings. The zero-order valence-electron chi connectivity index (χ0n) is 27.8. The molecule has 0 saturated carbocycles. The lowest BCUT2D eigenvalue weighted by atomic mass is 9.94. The number of benzene rings is 3. The predicted molar refractivity (Wildman–Crippen MR) is 190 cm³/mol. The molecule has 4 atom stereocenters. The number of ether oxygens (including phenoxy) is 1. The van der Waals surface area contributed by atoms with Crippen molar-refractivity contribution in [3.63, 3.8) is 0 Å². The van der Waals surface area contributed by atoms with Crippen LogP contribution in [0, 0.1) is 17.7 Å². The van der Waals surface area contributed by atoms with Gasteiger partial charge in [-0.1, -0.05) is 72.8 Å². The molecule has 4 aromatic rings. The first-order valence-electron chi connectivity index (χ1n) is 16.7. The Morgan fingerprint density at radius 1 is 0.837 bits per heavy atom. The van der Waals surface area contributed by atoms with Gasteiger partial charge in [0.05, 0.1) is 30.5 Å². The second kappa shape index (κ2) is 19.1. The summed E-state index contributed by atoms with van der Waals surface area (Å²) >= 11 is 0. The molecule has 4 N–H and O–H groups in total. The summed E-state index contributed by atoms with van der Waals surface area (Å²) in [5, 5.41) is 16.8. The van der Waals surface area contributed by atoms with E-state index in [4.69, 9.17) is 4.74 Å². The van der Waals surface area contributed by atoms with Crippen molar-refractivity contribution >= 4 is 28.7 Å². The Kier molecular flexibility index (Phi) is 14.3. The zero-order chi connectivity index (χ0) is 35.0. The van der Waals surface area contributed by atoms with Crippen molar-refractivity contribution < 1.29 is 28.6 Å². The van der Waals surface area contributed by atoms with Gasteiger partial charge < -0.3 is 25.5 Å². The molecule has 1 heterocycles. The number of carbonyl (C=O) groups is 3. The van der Waals surface area contributed by atoms with Crippen molar-refractivity contribution in [1.82, 2.24) is 15.6 Å². The van der Waals surface area contributed by atoms with Crippen LogP contribution in [0.4, 0.5) is 4.39 Å². The molecule has 0 aliphatic heterocycles. The molecule has 0 bridgehead atoms. The maximum Gasteiger partial charge on any atom is 0.309 e. The van der Waals surface area contributed by atoms with Crippen LogP contribution >= 0.6 is 0 Å². The fourth-order valence-corrected chi connectivity index (χ4v) is 5.92. The van der Waals surface area contributed by atoms with Crippen molar-refractivity contribution in [2.75, 3.05) is 13.2 Å². The van der Waals surface area contributed by atoms with E-state index in [9.17, 15) is 23.9 Å². The van der Waals surface area contributed by atoms with Gasteiger partial charge in [-0.3, -0.25) is 14.4 Å². The molecule has 258 valence electrons. The summed E-state index contributed by atoms with van der Waals surface area (Å²) in [5.74, 6) is -2.71. The van der Waals surface area contributed by atoms with Crippen molar-refractivity contribution in [2.45, 2.75) is 57.0 Å². The molecule has 8 nitrogen and oxygen atoms in total. The van der Waals surface area contributed by atoms with Crippen molar-refractivity contribution in [2.24, 2.45) is 11.8 Å². The van der Waals surface area contributed by atoms with Gasteiger partial charge in [-0.05, 0) is 73.4 Å². The summed E-state index contributed by atoms with van der Waals surface area (Å²) in [5.41, 5.74) is 3.67. The van der Waals surface area contributed by atoms with E-state index >= 15 is 0 Å². The molecule has 0 aliphatic carbocycles. The highest BCUT2D eigenvalue weighted by Crippen LogP contribution is 2.21. The van der Waals surface area contributed by atoms with Gasteiger partial charge in [0.2, 0.25) is 11.8 Å². The molecule has 4 rings (SSSR count). The Hall–Kier alpha value is -5.02. The van der Waals surface area contributed by atoms with E-state index < -0.39 is 29.9 Å². The van der Waals surface area contributed by atoms with Gasteiger partial charge in [0.15, 0.2) is 0 Å². The summed E-state index contributed by atoms with van der Waals surface area (Å²) in [6.07, 6.45) is 7.67. The third kappa shape index (κ3) is 11.6. The first kappa shape index (κ1) is 36.8. The highest BCUT2D eigenvalue weighted by Gasteiger charge is 2.27. The number of hydrogen-bond donors (Lipinski definition) is 4. The Morgan fingerprint density at radius 2 is 1.55 bits per heavy atom. The van der Waals surface area contributed by atoms with Crippen LogP contribution in [-0.4, -0.2) is 53.2 Å². The Morgan fingerprint density at radius 3 is 2.27 bits per heavy atom.